The van der Waals surface area contributed by atoms with Crippen molar-refractivity contribution < 1.29 is 23.9 Å². The zero-order chi connectivity index (χ0) is 27.0. The highest BCUT2D eigenvalue weighted by molar-refractivity contribution is 6.34. The van der Waals surface area contributed by atoms with Gasteiger partial charge in [0.05, 0.1) is 22.4 Å². The fourth-order valence-corrected chi connectivity index (χ4v) is 4.51. The van der Waals surface area contributed by atoms with Crippen LogP contribution in [0.1, 0.15) is 69.8 Å². The standard InChI is InChI=1S/C32H25NO5/c1-19-13-15-23(17-21(19)3)28(34)29(22-9-5-4-6-10-22)38-32(37)24-16-14-20(2)27(18-24)33-30(35)25-11-7-8-12-26(25)31(33)36/h4-18,29H,1-3H3/t29-/m1/s1. The van der Waals surface area contributed by atoms with E-state index in [9.17, 15) is 19.2 Å². The van der Waals surface area contributed by atoms with E-state index in [2.05, 4.69) is 0 Å². The molecule has 0 fully saturated rings. The normalized spacial score (nSPS) is 13.3. The lowest BCUT2D eigenvalue weighted by molar-refractivity contribution is 0.0280. The summed E-state index contributed by atoms with van der Waals surface area (Å²) in [6, 6.07) is 25.5. The lowest BCUT2D eigenvalue weighted by atomic mass is 9.97. The smallest absolute Gasteiger partial charge is 0.339 e. The highest BCUT2D eigenvalue weighted by Gasteiger charge is 2.37. The molecule has 0 saturated heterocycles. The number of benzene rings is 4. The molecule has 1 aliphatic heterocycles. The van der Waals surface area contributed by atoms with Crippen LogP contribution in [0, 0.1) is 20.8 Å². The molecule has 4 aromatic carbocycles. The van der Waals surface area contributed by atoms with Gasteiger partial charge in [0, 0.05) is 11.1 Å². The first-order valence-corrected chi connectivity index (χ1v) is 12.2. The van der Waals surface area contributed by atoms with Gasteiger partial charge < -0.3 is 4.74 Å². The van der Waals surface area contributed by atoms with Crippen molar-refractivity contribution in [1.29, 1.82) is 0 Å². The maximum Gasteiger partial charge on any atom is 0.339 e. The fourth-order valence-electron chi connectivity index (χ4n) is 4.51. The van der Waals surface area contributed by atoms with Gasteiger partial charge in [-0.05, 0) is 67.8 Å². The van der Waals surface area contributed by atoms with Crippen molar-refractivity contribution in [2.45, 2.75) is 26.9 Å². The van der Waals surface area contributed by atoms with Crippen molar-refractivity contribution in [1.82, 2.24) is 0 Å². The molecule has 0 unspecified atom stereocenters. The third-order valence-electron chi connectivity index (χ3n) is 6.84. The molecule has 6 nitrogen and oxygen atoms in total. The third-order valence-corrected chi connectivity index (χ3v) is 6.84. The van der Waals surface area contributed by atoms with Gasteiger partial charge in [0.2, 0.25) is 5.78 Å². The van der Waals surface area contributed by atoms with E-state index in [1.807, 2.05) is 26.0 Å². The van der Waals surface area contributed by atoms with Crippen LogP contribution in [0.15, 0.2) is 91.0 Å². The van der Waals surface area contributed by atoms with Gasteiger partial charge in [-0.25, -0.2) is 9.69 Å². The molecule has 6 heteroatoms. The molecule has 0 N–H and O–H groups in total. The van der Waals surface area contributed by atoms with E-state index < -0.39 is 23.9 Å². The Morgan fingerprint density at radius 3 is 1.87 bits per heavy atom. The number of hydrogen-bond donors (Lipinski definition) is 0. The first kappa shape index (κ1) is 24.8. The van der Waals surface area contributed by atoms with Gasteiger partial charge >= 0.3 is 5.97 Å². The predicted molar refractivity (Wildman–Crippen MR) is 144 cm³/mol. The largest absolute Gasteiger partial charge is 0.445 e. The maximum absolute atomic E-state index is 13.5. The summed E-state index contributed by atoms with van der Waals surface area (Å²) < 4.78 is 5.81. The minimum Gasteiger partial charge on any atom is -0.445 e. The molecule has 0 saturated carbocycles. The van der Waals surface area contributed by atoms with Crippen LogP contribution in [0.5, 0.6) is 0 Å². The number of imide groups is 1. The zero-order valence-corrected chi connectivity index (χ0v) is 21.2. The lowest BCUT2D eigenvalue weighted by Crippen LogP contribution is -2.30. The first-order chi connectivity index (χ1) is 18.3. The number of carbonyl (C=O) groups is 4. The van der Waals surface area contributed by atoms with E-state index in [1.165, 1.54) is 6.07 Å². The second-order valence-corrected chi connectivity index (χ2v) is 9.35. The van der Waals surface area contributed by atoms with Crippen LogP contribution in [-0.2, 0) is 4.74 Å². The molecule has 0 radical (unpaired) electrons. The van der Waals surface area contributed by atoms with E-state index in [1.54, 1.807) is 79.7 Å². The Morgan fingerprint density at radius 2 is 1.24 bits per heavy atom. The van der Waals surface area contributed by atoms with Crippen LogP contribution in [0.2, 0.25) is 0 Å². The number of nitrogens with zero attached hydrogens (tertiary/aromatic N) is 1. The minimum atomic E-state index is -1.17. The Labute approximate surface area is 220 Å². The summed E-state index contributed by atoms with van der Waals surface area (Å²) in [7, 11) is 0. The van der Waals surface area contributed by atoms with Crippen LogP contribution in [0.3, 0.4) is 0 Å². The molecular formula is C32H25NO5. The van der Waals surface area contributed by atoms with Crippen molar-refractivity contribution >= 4 is 29.3 Å². The van der Waals surface area contributed by atoms with Crippen LogP contribution in [0.25, 0.3) is 0 Å². The second-order valence-electron chi connectivity index (χ2n) is 9.35. The van der Waals surface area contributed by atoms with E-state index >= 15 is 0 Å². The third kappa shape index (κ3) is 4.41. The number of ether oxygens (including phenoxy) is 1. The van der Waals surface area contributed by atoms with E-state index in [-0.39, 0.29) is 11.3 Å². The molecular weight excluding hydrogens is 478 g/mol. The molecule has 0 aromatic heterocycles. The number of fused-ring (bicyclic) bond motifs is 1. The van der Waals surface area contributed by atoms with Crippen LogP contribution < -0.4 is 4.90 Å². The Balaban J connectivity index is 1.48. The molecule has 0 bridgehead atoms. The van der Waals surface area contributed by atoms with Gasteiger partial charge in [-0.15, -0.1) is 0 Å². The number of ketones is 1. The number of amides is 2. The number of anilines is 1. The summed E-state index contributed by atoms with van der Waals surface area (Å²) in [6.45, 7) is 5.63. The summed E-state index contributed by atoms with van der Waals surface area (Å²) in [5.74, 6) is -1.99. The summed E-state index contributed by atoms with van der Waals surface area (Å²) in [4.78, 5) is 54.1. The molecule has 188 valence electrons. The predicted octanol–water partition coefficient (Wildman–Crippen LogP) is 6.19. The van der Waals surface area contributed by atoms with Gasteiger partial charge in [0.1, 0.15) is 0 Å². The van der Waals surface area contributed by atoms with Crippen LogP contribution in [0.4, 0.5) is 5.69 Å². The maximum atomic E-state index is 13.5. The molecule has 5 rings (SSSR count). The summed E-state index contributed by atoms with van der Waals surface area (Å²) in [6.07, 6.45) is -1.17. The van der Waals surface area contributed by atoms with Crippen molar-refractivity contribution in [3.05, 3.63) is 136 Å². The number of carbonyl (C=O) groups excluding carboxylic acids is 4. The monoisotopic (exact) mass is 503 g/mol. The quantitative estimate of drug-likeness (QED) is 0.178. The van der Waals surface area contributed by atoms with Gasteiger partial charge in [-0.3, -0.25) is 14.4 Å². The Morgan fingerprint density at radius 1 is 0.658 bits per heavy atom. The van der Waals surface area contributed by atoms with Crippen molar-refractivity contribution in [3.8, 4) is 0 Å². The Hall–Kier alpha value is -4.84. The molecule has 1 heterocycles. The summed E-state index contributed by atoms with van der Waals surface area (Å²) in [5.41, 5.74) is 4.66. The zero-order valence-electron chi connectivity index (χ0n) is 21.2. The van der Waals surface area contributed by atoms with Gasteiger partial charge in [-0.1, -0.05) is 60.7 Å². The number of aryl methyl sites for hydroxylation is 3. The number of rotatable bonds is 6. The van der Waals surface area contributed by atoms with Crippen LogP contribution in [-0.4, -0.2) is 23.6 Å². The number of hydrogen-bond acceptors (Lipinski definition) is 5. The highest BCUT2D eigenvalue weighted by Crippen LogP contribution is 2.32. The van der Waals surface area contributed by atoms with E-state index in [0.29, 0.717) is 33.5 Å². The number of Topliss-reactive ketones (excluding diaryl/α,β-unsaturated/α-hetero) is 1. The molecule has 2 amide bonds. The van der Waals surface area contributed by atoms with Gasteiger partial charge in [0.25, 0.3) is 11.8 Å². The van der Waals surface area contributed by atoms with Crippen molar-refractivity contribution in [2.24, 2.45) is 0 Å². The van der Waals surface area contributed by atoms with E-state index in [0.717, 1.165) is 16.0 Å². The SMILES string of the molecule is Cc1ccc(C(=O)[C@H](OC(=O)c2ccc(C)c(N3C(=O)c4ccccc4C3=O)c2)c2ccccc2)cc1C. The van der Waals surface area contributed by atoms with Crippen molar-refractivity contribution in [3.63, 3.8) is 0 Å². The fraction of sp³-hybridized carbons (Fsp3) is 0.125. The molecule has 0 spiro atoms. The van der Waals surface area contributed by atoms with Crippen molar-refractivity contribution in [2.75, 3.05) is 4.90 Å². The van der Waals surface area contributed by atoms with Crippen LogP contribution >= 0.6 is 0 Å². The molecule has 4 aromatic rings. The van der Waals surface area contributed by atoms with E-state index in [4.69, 9.17) is 4.74 Å². The lowest BCUT2D eigenvalue weighted by Gasteiger charge is -2.20. The van der Waals surface area contributed by atoms with Gasteiger partial charge in [-0.2, -0.15) is 0 Å². The average molecular weight is 504 g/mol. The average Bonchev–Trinajstić information content (AvgIpc) is 3.18. The molecule has 38 heavy (non-hydrogen) atoms. The molecule has 1 atom stereocenters. The van der Waals surface area contributed by atoms with Gasteiger partial charge in [0.15, 0.2) is 6.10 Å². The Kier molecular flexibility index (Phi) is 6.47. The molecule has 0 aliphatic carbocycles. The minimum absolute atomic E-state index is 0.121. The second kappa shape index (κ2) is 9.90. The topological polar surface area (TPSA) is 80.8 Å². The molecule has 1 aliphatic rings. The highest BCUT2D eigenvalue weighted by atomic mass is 16.5. The summed E-state index contributed by atoms with van der Waals surface area (Å²) in [5, 5.41) is 0. The summed E-state index contributed by atoms with van der Waals surface area (Å²) >= 11 is 0. The Bertz CT molecular complexity index is 1570. The first-order valence-electron chi connectivity index (χ1n) is 12.2. The number of esters is 1.